The van der Waals surface area contributed by atoms with E-state index in [0.717, 1.165) is 11.3 Å². The number of pyridine rings is 1. The zero-order valence-electron chi connectivity index (χ0n) is 14.9. The number of fused-ring (bicyclic) bond motifs is 1. The van der Waals surface area contributed by atoms with Crippen LogP contribution in [-0.2, 0) is 19.5 Å². The van der Waals surface area contributed by atoms with Crippen LogP contribution in [0.5, 0.6) is 5.75 Å². The molecule has 2 aromatic heterocycles. The van der Waals surface area contributed by atoms with Gasteiger partial charge in [-0.25, -0.2) is 9.37 Å². The molecular formula is C20H19FN4O2. The first-order valence-electron chi connectivity index (χ1n) is 8.72. The van der Waals surface area contributed by atoms with Crippen LogP contribution >= 0.6 is 0 Å². The molecule has 0 bridgehead atoms. The van der Waals surface area contributed by atoms with Crippen LogP contribution in [0.3, 0.4) is 0 Å². The smallest absolute Gasteiger partial charge is 0.254 e. The molecule has 0 fully saturated rings. The van der Waals surface area contributed by atoms with Gasteiger partial charge >= 0.3 is 0 Å². The highest BCUT2D eigenvalue weighted by Gasteiger charge is 2.22. The third-order valence-corrected chi connectivity index (χ3v) is 4.74. The number of nitrogens with one attached hydrogen (secondary N) is 1. The second kappa shape index (κ2) is 7.28. The molecule has 0 atom stereocenters. The van der Waals surface area contributed by atoms with E-state index in [1.165, 1.54) is 7.11 Å². The Hall–Kier alpha value is -3.06. The van der Waals surface area contributed by atoms with E-state index in [-0.39, 0.29) is 17.1 Å². The van der Waals surface area contributed by atoms with Gasteiger partial charge in [0.15, 0.2) is 11.6 Å². The molecule has 3 heterocycles. The Morgan fingerprint density at radius 1 is 1.30 bits per heavy atom. The van der Waals surface area contributed by atoms with Gasteiger partial charge in [-0.05, 0) is 24.6 Å². The van der Waals surface area contributed by atoms with Crippen LogP contribution in [0.15, 0.2) is 47.5 Å². The van der Waals surface area contributed by atoms with Crippen molar-refractivity contribution in [2.45, 2.75) is 19.5 Å². The first-order chi connectivity index (χ1) is 13.2. The summed E-state index contributed by atoms with van der Waals surface area (Å²) in [6.07, 6.45) is 3.91. The van der Waals surface area contributed by atoms with Crippen molar-refractivity contribution in [3.63, 3.8) is 0 Å². The minimum Gasteiger partial charge on any atom is -0.494 e. The Morgan fingerprint density at radius 3 is 2.96 bits per heavy atom. The highest BCUT2D eigenvalue weighted by molar-refractivity contribution is 5.53. The van der Waals surface area contributed by atoms with Gasteiger partial charge in [-0.1, -0.05) is 12.1 Å². The number of methoxy groups -OCH3 is 1. The normalized spacial score (nSPS) is 14.0. The highest BCUT2D eigenvalue weighted by Crippen LogP contribution is 2.24. The third-order valence-electron chi connectivity index (χ3n) is 4.74. The molecule has 0 radical (unpaired) electrons. The summed E-state index contributed by atoms with van der Waals surface area (Å²) in [5.41, 5.74) is 2.63. The summed E-state index contributed by atoms with van der Waals surface area (Å²) < 4.78 is 19.5. The van der Waals surface area contributed by atoms with Gasteiger partial charge in [0.2, 0.25) is 0 Å². The van der Waals surface area contributed by atoms with Gasteiger partial charge < -0.3 is 9.72 Å². The monoisotopic (exact) mass is 366 g/mol. The SMILES string of the molecule is COc1cccc(CN2CCc3c(nc(-c4cccnc4)[nH]c3=O)C2)c1F. The fourth-order valence-electron chi connectivity index (χ4n) is 3.35. The molecular weight excluding hydrogens is 347 g/mol. The standard InChI is InChI=1S/C20H19FN4O2/c1-27-17-6-2-4-14(18(17)21)11-25-9-7-15-16(12-25)23-19(24-20(15)26)13-5-3-8-22-10-13/h2-6,8,10H,7,9,11-12H2,1H3,(H,23,24,26). The number of aromatic amines is 1. The van der Waals surface area contributed by atoms with E-state index in [1.807, 2.05) is 6.07 Å². The van der Waals surface area contributed by atoms with Crippen molar-refractivity contribution >= 4 is 0 Å². The molecule has 7 heteroatoms. The second-order valence-electron chi connectivity index (χ2n) is 6.48. The average Bonchev–Trinajstić information content (AvgIpc) is 2.70. The zero-order valence-corrected chi connectivity index (χ0v) is 14.9. The Bertz CT molecular complexity index is 1020. The summed E-state index contributed by atoms with van der Waals surface area (Å²) in [6, 6.07) is 8.78. The average molecular weight is 366 g/mol. The number of H-pyrrole nitrogens is 1. The summed E-state index contributed by atoms with van der Waals surface area (Å²) in [6.45, 7) is 1.59. The number of halogens is 1. The van der Waals surface area contributed by atoms with Gasteiger partial charge in [0, 0.05) is 48.7 Å². The largest absolute Gasteiger partial charge is 0.494 e. The molecule has 0 unspecified atom stereocenters. The summed E-state index contributed by atoms with van der Waals surface area (Å²) in [5, 5.41) is 0. The van der Waals surface area contributed by atoms with E-state index in [9.17, 15) is 9.18 Å². The van der Waals surface area contributed by atoms with E-state index in [4.69, 9.17) is 4.74 Å². The predicted octanol–water partition coefficient (Wildman–Crippen LogP) is 2.54. The molecule has 0 spiro atoms. The van der Waals surface area contributed by atoms with Crippen molar-refractivity contribution in [2.75, 3.05) is 13.7 Å². The maximum Gasteiger partial charge on any atom is 0.254 e. The van der Waals surface area contributed by atoms with E-state index >= 15 is 0 Å². The first-order valence-corrected chi connectivity index (χ1v) is 8.72. The Kier molecular flexibility index (Phi) is 4.68. The van der Waals surface area contributed by atoms with Crippen LogP contribution in [0.2, 0.25) is 0 Å². The van der Waals surface area contributed by atoms with Crippen LogP contribution in [0.25, 0.3) is 11.4 Å². The van der Waals surface area contributed by atoms with E-state index in [1.54, 1.807) is 36.7 Å². The lowest BCUT2D eigenvalue weighted by molar-refractivity contribution is 0.236. The number of aromatic nitrogens is 3. The van der Waals surface area contributed by atoms with Crippen LogP contribution < -0.4 is 10.3 Å². The topological polar surface area (TPSA) is 71.1 Å². The minimum atomic E-state index is -0.347. The summed E-state index contributed by atoms with van der Waals surface area (Å²) in [4.78, 5) is 26.1. The number of rotatable bonds is 4. The number of benzene rings is 1. The molecule has 27 heavy (non-hydrogen) atoms. The second-order valence-corrected chi connectivity index (χ2v) is 6.48. The van der Waals surface area contributed by atoms with E-state index < -0.39 is 0 Å². The molecule has 138 valence electrons. The van der Waals surface area contributed by atoms with Gasteiger partial charge in [0.1, 0.15) is 5.82 Å². The van der Waals surface area contributed by atoms with Crippen LogP contribution in [0, 0.1) is 5.82 Å². The summed E-state index contributed by atoms with van der Waals surface area (Å²) >= 11 is 0. The molecule has 0 saturated carbocycles. The van der Waals surface area contributed by atoms with Gasteiger partial charge in [-0.3, -0.25) is 14.7 Å². The molecule has 1 aromatic carbocycles. The van der Waals surface area contributed by atoms with E-state index in [0.29, 0.717) is 43.0 Å². The van der Waals surface area contributed by atoms with Crippen LogP contribution in [0.1, 0.15) is 16.8 Å². The minimum absolute atomic E-state index is 0.119. The number of nitrogens with zero attached hydrogens (tertiary/aromatic N) is 3. The molecule has 1 aliphatic heterocycles. The number of ether oxygens (including phenoxy) is 1. The molecule has 0 aliphatic carbocycles. The molecule has 3 aromatic rings. The van der Waals surface area contributed by atoms with Crippen LogP contribution in [0.4, 0.5) is 4.39 Å². The van der Waals surface area contributed by atoms with Crippen molar-refractivity contribution in [3.05, 3.63) is 75.7 Å². The lowest BCUT2D eigenvalue weighted by Crippen LogP contribution is -2.35. The van der Waals surface area contributed by atoms with Gasteiger partial charge in [-0.2, -0.15) is 0 Å². The summed E-state index contributed by atoms with van der Waals surface area (Å²) in [5.74, 6) is 0.389. The number of hydrogen-bond donors (Lipinski definition) is 1. The van der Waals surface area contributed by atoms with Crippen LogP contribution in [-0.4, -0.2) is 33.5 Å². The molecule has 0 amide bonds. The Balaban J connectivity index is 1.61. The van der Waals surface area contributed by atoms with Crippen molar-refractivity contribution in [3.8, 4) is 17.1 Å². The third kappa shape index (κ3) is 3.46. The van der Waals surface area contributed by atoms with Gasteiger partial charge in [-0.15, -0.1) is 0 Å². The van der Waals surface area contributed by atoms with Gasteiger partial charge in [0.25, 0.3) is 5.56 Å². The molecule has 1 N–H and O–H groups in total. The fourth-order valence-corrected chi connectivity index (χ4v) is 3.35. The maximum atomic E-state index is 14.4. The lowest BCUT2D eigenvalue weighted by atomic mass is 10.0. The highest BCUT2D eigenvalue weighted by atomic mass is 19.1. The molecule has 6 nitrogen and oxygen atoms in total. The fraction of sp³-hybridized carbons (Fsp3) is 0.250. The quantitative estimate of drug-likeness (QED) is 0.768. The Morgan fingerprint density at radius 2 is 2.19 bits per heavy atom. The molecule has 0 saturated heterocycles. The number of hydrogen-bond acceptors (Lipinski definition) is 5. The van der Waals surface area contributed by atoms with Crippen molar-refractivity contribution < 1.29 is 9.13 Å². The predicted molar refractivity (Wildman–Crippen MR) is 98.9 cm³/mol. The first kappa shape index (κ1) is 17.4. The molecule has 1 aliphatic rings. The van der Waals surface area contributed by atoms with Crippen molar-refractivity contribution in [1.82, 2.24) is 19.9 Å². The maximum absolute atomic E-state index is 14.4. The van der Waals surface area contributed by atoms with Crippen molar-refractivity contribution in [1.29, 1.82) is 0 Å². The lowest BCUT2D eigenvalue weighted by Gasteiger charge is -2.28. The summed E-state index contributed by atoms with van der Waals surface area (Å²) in [7, 11) is 1.45. The van der Waals surface area contributed by atoms with Gasteiger partial charge in [0.05, 0.1) is 12.8 Å². The zero-order chi connectivity index (χ0) is 18.8. The Labute approximate surface area is 155 Å². The molecule has 4 rings (SSSR count). The van der Waals surface area contributed by atoms with E-state index in [2.05, 4.69) is 19.9 Å². The van der Waals surface area contributed by atoms with Crippen molar-refractivity contribution in [2.24, 2.45) is 0 Å².